The average molecular weight is 285 g/mol. The molecule has 0 amide bonds. The van der Waals surface area contributed by atoms with Crippen molar-refractivity contribution in [3.63, 3.8) is 0 Å². The molecule has 3 N–H and O–H groups in total. The Kier molecular flexibility index (Phi) is 4.42. The van der Waals surface area contributed by atoms with Crippen molar-refractivity contribution >= 4 is 23.2 Å². The first-order valence-electron chi connectivity index (χ1n) is 6.77. The van der Waals surface area contributed by atoms with E-state index in [1.807, 2.05) is 32.9 Å². The lowest BCUT2D eigenvalue weighted by Crippen LogP contribution is -2.11. The molecule has 0 atom stereocenters. The molecule has 0 aliphatic carbocycles. The van der Waals surface area contributed by atoms with Crippen LogP contribution in [0.4, 0.5) is 17.2 Å². The van der Waals surface area contributed by atoms with Gasteiger partial charge in [0, 0.05) is 11.4 Å². The van der Waals surface area contributed by atoms with E-state index in [-0.39, 0.29) is 12.1 Å². The summed E-state index contributed by atoms with van der Waals surface area (Å²) in [5.41, 5.74) is 8.52. The first kappa shape index (κ1) is 14.8. The molecule has 5 nitrogen and oxygen atoms in total. The Morgan fingerprint density at radius 2 is 2.05 bits per heavy atom. The zero-order valence-electron chi connectivity index (χ0n) is 12.4. The Balaban J connectivity index is 2.21. The van der Waals surface area contributed by atoms with Gasteiger partial charge in [-0.05, 0) is 51.1 Å². The van der Waals surface area contributed by atoms with Gasteiger partial charge in [0.05, 0.1) is 17.4 Å². The van der Waals surface area contributed by atoms with Crippen LogP contribution in [0.5, 0.6) is 0 Å². The number of nitrogens with one attached hydrogen (secondary N) is 1. The summed E-state index contributed by atoms with van der Waals surface area (Å²) >= 11 is 0. The van der Waals surface area contributed by atoms with Gasteiger partial charge >= 0.3 is 5.97 Å². The first-order valence-corrected chi connectivity index (χ1v) is 6.77. The second-order valence-electron chi connectivity index (χ2n) is 5.05. The molecule has 0 unspecified atom stereocenters. The van der Waals surface area contributed by atoms with E-state index < -0.39 is 0 Å². The summed E-state index contributed by atoms with van der Waals surface area (Å²) in [6.45, 7) is 5.52. The number of rotatable bonds is 4. The summed E-state index contributed by atoms with van der Waals surface area (Å²) in [4.78, 5) is 16.2. The van der Waals surface area contributed by atoms with Gasteiger partial charge in [0.15, 0.2) is 5.82 Å². The van der Waals surface area contributed by atoms with Gasteiger partial charge < -0.3 is 15.8 Å². The van der Waals surface area contributed by atoms with Gasteiger partial charge in [0.25, 0.3) is 0 Å². The number of aromatic nitrogens is 1. The van der Waals surface area contributed by atoms with Crippen molar-refractivity contribution in [1.82, 2.24) is 4.98 Å². The molecule has 110 valence electrons. The predicted octanol–water partition coefficient (Wildman–Crippen LogP) is 3.28. The maximum atomic E-state index is 11.9. The molecule has 0 saturated carbocycles. The average Bonchev–Trinajstić information content (AvgIpc) is 2.42. The van der Waals surface area contributed by atoms with Crippen LogP contribution in [-0.4, -0.2) is 17.1 Å². The van der Waals surface area contributed by atoms with E-state index in [1.165, 1.54) is 0 Å². The van der Waals surface area contributed by atoms with E-state index >= 15 is 0 Å². The number of carbonyl (C=O) groups excluding carboxylic acids is 1. The highest BCUT2D eigenvalue weighted by Crippen LogP contribution is 2.22. The molecule has 0 aliphatic heterocycles. The zero-order chi connectivity index (χ0) is 15.4. The second kappa shape index (κ2) is 6.26. The quantitative estimate of drug-likeness (QED) is 0.843. The molecule has 0 radical (unpaired) electrons. The fourth-order valence-corrected chi connectivity index (χ4v) is 1.81. The summed E-state index contributed by atoms with van der Waals surface area (Å²) in [5.74, 6) is 0.225. The number of anilines is 3. The Morgan fingerprint density at radius 1 is 1.29 bits per heavy atom. The summed E-state index contributed by atoms with van der Waals surface area (Å²) in [5, 5.41) is 3.12. The maximum absolute atomic E-state index is 11.9. The van der Waals surface area contributed by atoms with Gasteiger partial charge in [-0.1, -0.05) is 6.07 Å². The minimum atomic E-state index is -0.348. The molecule has 1 aromatic heterocycles. The highest BCUT2D eigenvalue weighted by molar-refractivity contribution is 5.91. The maximum Gasteiger partial charge on any atom is 0.338 e. The smallest absolute Gasteiger partial charge is 0.338 e. The van der Waals surface area contributed by atoms with Crippen LogP contribution >= 0.6 is 0 Å². The van der Waals surface area contributed by atoms with Gasteiger partial charge in [-0.2, -0.15) is 0 Å². The molecule has 2 rings (SSSR count). The lowest BCUT2D eigenvalue weighted by Gasteiger charge is -2.11. The van der Waals surface area contributed by atoms with Crippen LogP contribution < -0.4 is 11.1 Å². The topological polar surface area (TPSA) is 77.2 Å². The molecule has 1 heterocycles. The number of hydrogen-bond donors (Lipinski definition) is 2. The van der Waals surface area contributed by atoms with Crippen LogP contribution in [0.25, 0.3) is 0 Å². The van der Waals surface area contributed by atoms with Crippen molar-refractivity contribution in [2.24, 2.45) is 0 Å². The lowest BCUT2D eigenvalue weighted by molar-refractivity contribution is 0.0378. The van der Waals surface area contributed by atoms with Crippen LogP contribution in [0.15, 0.2) is 36.4 Å². The van der Waals surface area contributed by atoms with Crippen molar-refractivity contribution in [2.45, 2.75) is 26.9 Å². The molecular weight excluding hydrogens is 266 g/mol. The number of aryl methyl sites for hydroxylation is 1. The van der Waals surface area contributed by atoms with E-state index in [9.17, 15) is 4.79 Å². The fraction of sp³-hybridized carbons (Fsp3) is 0.250. The van der Waals surface area contributed by atoms with E-state index in [0.717, 1.165) is 11.4 Å². The molecule has 1 aromatic carbocycles. The number of nitrogen functional groups attached to an aromatic ring is 1. The summed E-state index contributed by atoms with van der Waals surface area (Å²) in [6, 6.07) is 10.7. The standard InChI is InChI=1S/C16H19N3O2/c1-10(2)21-16(20)12-5-4-6-13(9-12)19-15-14(17)8-7-11(3)18-15/h4-10H,17H2,1-3H3,(H,18,19). The van der Waals surface area contributed by atoms with Gasteiger partial charge in [-0.15, -0.1) is 0 Å². The number of hydrogen-bond acceptors (Lipinski definition) is 5. The van der Waals surface area contributed by atoms with Crippen molar-refractivity contribution < 1.29 is 9.53 Å². The predicted molar refractivity (Wildman–Crippen MR) is 83.7 cm³/mol. The third kappa shape index (κ3) is 3.95. The second-order valence-corrected chi connectivity index (χ2v) is 5.05. The van der Waals surface area contributed by atoms with Gasteiger partial charge in [-0.25, -0.2) is 9.78 Å². The van der Waals surface area contributed by atoms with Crippen molar-refractivity contribution in [2.75, 3.05) is 11.1 Å². The van der Waals surface area contributed by atoms with Crippen LogP contribution in [0.3, 0.4) is 0 Å². The Hall–Kier alpha value is -2.56. The van der Waals surface area contributed by atoms with Crippen molar-refractivity contribution in [3.05, 3.63) is 47.7 Å². The highest BCUT2D eigenvalue weighted by atomic mass is 16.5. The molecule has 0 fully saturated rings. The van der Waals surface area contributed by atoms with Crippen LogP contribution in [0, 0.1) is 6.92 Å². The number of esters is 1. The zero-order valence-corrected chi connectivity index (χ0v) is 12.4. The van der Waals surface area contributed by atoms with Crippen LogP contribution in [-0.2, 0) is 4.74 Å². The normalized spacial score (nSPS) is 10.5. The van der Waals surface area contributed by atoms with Crippen LogP contribution in [0.2, 0.25) is 0 Å². The molecule has 0 saturated heterocycles. The van der Waals surface area contributed by atoms with Crippen LogP contribution in [0.1, 0.15) is 29.9 Å². The number of ether oxygens (including phenoxy) is 1. The SMILES string of the molecule is Cc1ccc(N)c(Nc2cccc(C(=O)OC(C)C)c2)n1. The van der Waals surface area contributed by atoms with Gasteiger partial charge in [-0.3, -0.25) is 0 Å². The molecule has 0 spiro atoms. The Labute approximate surface area is 124 Å². The molecule has 5 heteroatoms. The van der Waals surface area contributed by atoms with Crippen molar-refractivity contribution in [1.29, 1.82) is 0 Å². The molecular formula is C16H19N3O2. The van der Waals surface area contributed by atoms with E-state index in [4.69, 9.17) is 10.5 Å². The minimum Gasteiger partial charge on any atom is -0.459 e. The molecule has 21 heavy (non-hydrogen) atoms. The number of carbonyl (C=O) groups is 1. The van der Waals surface area contributed by atoms with Gasteiger partial charge in [0.2, 0.25) is 0 Å². The largest absolute Gasteiger partial charge is 0.459 e. The summed E-state index contributed by atoms with van der Waals surface area (Å²) in [6.07, 6.45) is -0.150. The van der Waals surface area contributed by atoms with E-state index in [2.05, 4.69) is 10.3 Å². The summed E-state index contributed by atoms with van der Waals surface area (Å²) < 4.78 is 5.18. The van der Waals surface area contributed by atoms with Gasteiger partial charge in [0.1, 0.15) is 0 Å². The molecule has 0 bridgehead atoms. The Morgan fingerprint density at radius 3 is 2.76 bits per heavy atom. The lowest BCUT2D eigenvalue weighted by atomic mass is 10.2. The number of nitrogens with two attached hydrogens (primary N) is 1. The van der Waals surface area contributed by atoms with E-state index in [0.29, 0.717) is 17.1 Å². The highest BCUT2D eigenvalue weighted by Gasteiger charge is 2.10. The number of nitrogens with zero attached hydrogens (tertiary/aromatic N) is 1. The third-order valence-corrected chi connectivity index (χ3v) is 2.77. The summed E-state index contributed by atoms with van der Waals surface area (Å²) in [7, 11) is 0. The fourth-order valence-electron chi connectivity index (χ4n) is 1.81. The monoisotopic (exact) mass is 285 g/mol. The molecule has 0 aliphatic rings. The molecule has 2 aromatic rings. The minimum absolute atomic E-state index is 0.150. The van der Waals surface area contributed by atoms with E-state index in [1.54, 1.807) is 24.3 Å². The number of pyridine rings is 1. The first-order chi connectivity index (χ1) is 9.95. The number of benzene rings is 1. The third-order valence-electron chi connectivity index (χ3n) is 2.77. The Bertz CT molecular complexity index is 654. The van der Waals surface area contributed by atoms with Crippen molar-refractivity contribution in [3.8, 4) is 0 Å².